The Morgan fingerprint density at radius 2 is 1.85 bits per heavy atom. The molecule has 0 spiro atoms. The van der Waals surface area contributed by atoms with E-state index in [0.29, 0.717) is 5.69 Å². The number of benzene rings is 1. The topological polar surface area (TPSA) is 94.9 Å². The van der Waals surface area contributed by atoms with Gasteiger partial charge in [0.15, 0.2) is 0 Å². The van der Waals surface area contributed by atoms with E-state index in [0.717, 1.165) is 5.56 Å². The molecule has 1 atom stereocenters. The van der Waals surface area contributed by atoms with Crippen molar-refractivity contribution >= 4 is 23.5 Å². The molecule has 1 aromatic carbocycles. The zero-order valence-corrected chi connectivity index (χ0v) is 10.8. The van der Waals surface area contributed by atoms with Crippen LogP contribution in [0.3, 0.4) is 0 Å². The summed E-state index contributed by atoms with van der Waals surface area (Å²) in [6.45, 7) is 0. The Morgan fingerprint density at radius 1 is 1.15 bits per heavy atom. The van der Waals surface area contributed by atoms with Crippen molar-refractivity contribution in [2.45, 2.75) is 31.7 Å². The van der Waals surface area contributed by atoms with Gasteiger partial charge in [-0.05, 0) is 18.1 Å². The molecule has 6 nitrogen and oxygen atoms in total. The predicted octanol–water partition coefficient (Wildman–Crippen LogP) is 1.28. The molecule has 2 N–H and O–H groups in total. The predicted molar refractivity (Wildman–Crippen MR) is 70.5 cm³/mol. The van der Waals surface area contributed by atoms with Crippen molar-refractivity contribution in [1.29, 1.82) is 0 Å². The third kappa shape index (κ3) is 2.79. The number of carbonyl (C=O) groups is 3. The van der Waals surface area contributed by atoms with Gasteiger partial charge in [0.05, 0.1) is 0 Å². The van der Waals surface area contributed by atoms with Crippen LogP contribution in [0, 0.1) is 0 Å². The van der Waals surface area contributed by atoms with Crippen molar-refractivity contribution in [1.82, 2.24) is 0 Å². The molecule has 0 bridgehead atoms. The molecule has 2 rings (SSSR count). The fourth-order valence-corrected chi connectivity index (χ4v) is 2.40. The number of carboxylic acids is 2. The number of carboxylic acid groups (broad SMARTS) is 2. The Bertz CT molecular complexity index is 554. The van der Waals surface area contributed by atoms with Gasteiger partial charge in [0.25, 0.3) is 0 Å². The molecule has 1 amide bonds. The van der Waals surface area contributed by atoms with Gasteiger partial charge in [-0.1, -0.05) is 18.2 Å². The number of nitrogens with zero attached hydrogens (tertiary/aromatic N) is 1. The molecule has 1 aromatic rings. The van der Waals surface area contributed by atoms with Crippen LogP contribution in [-0.2, 0) is 20.8 Å². The average Bonchev–Trinajstić information content (AvgIpc) is 2.77. The number of hydrogen-bond acceptors (Lipinski definition) is 3. The van der Waals surface area contributed by atoms with Crippen LogP contribution in [0.2, 0.25) is 0 Å². The number of hydrogen-bond donors (Lipinski definition) is 2. The van der Waals surface area contributed by atoms with E-state index in [1.54, 1.807) is 24.3 Å². The number of rotatable bonds is 5. The number of anilines is 1. The van der Waals surface area contributed by atoms with Crippen LogP contribution in [0.4, 0.5) is 5.69 Å². The number of para-hydroxylation sites is 1. The summed E-state index contributed by atoms with van der Waals surface area (Å²) >= 11 is 0. The lowest BCUT2D eigenvalue weighted by molar-refractivity contribution is -0.140. The summed E-state index contributed by atoms with van der Waals surface area (Å²) in [7, 11) is 0. The van der Waals surface area contributed by atoms with Crippen molar-refractivity contribution in [3.05, 3.63) is 29.8 Å². The van der Waals surface area contributed by atoms with E-state index in [1.165, 1.54) is 4.90 Å². The number of carbonyl (C=O) groups excluding carboxylic acids is 1. The largest absolute Gasteiger partial charge is 0.481 e. The van der Waals surface area contributed by atoms with Gasteiger partial charge in [-0.15, -0.1) is 0 Å². The quantitative estimate of drug-likeness (QED) is 0.845. The van der Waals surface area contributed by atoms with Gasteiger partial charge in [0.1, 0.15) is 6.04 Å². The van der Waals surface area contributed by atoms with Crippen LogP contribution < -0.4 is 4.90 Å². The highest BCUT2D eigenvalue weighted by Gasteiger charge is 2.37. The van der Waals surface area contributed by atoms with Crippen molar-refractivity contribution in [3.8, 4) is 0 Å². The molecular formula is C14H15NO5. The fourth-order valence-electron chi connectivity index (χ4n) is 2.40. The molecule has 1 aliphatic rings. The first kappa shape index (κ1) is 14.0. The van der Waals surface area contributed by atoms with Crippen LogP contribution in [-0.4, -0.2) is 34.1 Å². The molecule has 1 heterocycles. The standard InChI is InChI=1S/C14H15NO5/c16-12(6-3-7-13(17)18)15-10-5-2-1-4-9(10)8-11(15)14(19)20/h1-2,4-5,11H,3,6-8H2,(H,17,18)(H,19,20). The van der Waals surface area contributed by atoms with E-state index >= 15 is 0 Å². The van der Waals surface area contributed by atoms with Crippen LogP contribution in [0.25, 0.3) is 0 Å². The van der Waals surface area contributed by atoms with Gasteiger partial charge >= 0.3 is 11.9 Å². The first-order valence-electron chi connectivity index (χ1n) is 6.35. The molecule has 20 heavy (non-hydrogen) atoms. The number of aliphatic carboxylic acids is 2. The molecule has 0 fully saturated rings. The number of fused-ring (bicyclic) bond motifs is 1. The van der Waals surface area contributed by atoms with Gasteiger partial charge in [0, 0.05) is 24.9 Å². The lowest BCUT2D eigenvalue weighted by atomic mass is 10.1. The molecule has 0 aliphatic carbocycles. The Morgan fingerprint density at radius 3 is 2.50 bits per heavy atom. The molecule has 0 aromatic heterocycles. The third-order valence-electron chi connectivity index (χ3n) is 3.31. The van der Waals surface area contributed by atoms with E-state index in [9.17, 15) is 19.5 Å². The first-order valence-corrected chi connectivity index (χ1v) is 6.35. The summed E-state index contributed by atoms with van der Waals surface area (Å²) in [6, 6.07) is 6.17. The Kier molecular flexibility index (Phi) is 4.02. The van der Waals surface area contributed by atoms with Gasteiger partial charge in [-0.2, -0.15) is 0 Å². The molecule has 106 valence electrons. The highest BCUT2D eigenvalue weighted by Crippen LogP contribution is 2.32. The Balaban J connectivity index is 2.16. The second-order valence-electron chi connectivity index (χ2n) is 4.70. The minimum absolute atomic E-state index is 0.0322. The van der Waals surface area contributed by atoms with Gasteiger partial charge < -0.3 is 10.2 Å². The lowest BCUT2D eigenvalue weighted by Crippen LogP contribution is -2.42. The fraction of sp³-hybridized carbons (Fsp3) is 0.357. The van der Waals surface area contributed by atoms with E-state index in [4.69, 9.17) is 5.11 Å². The summed E-state index contributed by atoms with van der Waals surface area (Å²) in [5.41, 5.74) is 1.44. The molecule has 6 heteroatoms. The summed E-state index contributed by atoms with van der Waals surface area (Å²) in [4.78, 5) is 35.2. The Hall–Kier alpha value is -2.37. The van der Waals surface area contributed by atoms with Crippen molar-refractivity contribution in [3.63, 3.8) is 0 Å². The third-order valence-corrected chi connectivity index (χ3v) is 3.31. The normalized spacial score (nSPS) is 16.8. The Labute approximate surface area is 115 Å². The summed E-state index contributed by atoms with van der Waals surface area (Å²) < 4.78 is 0. The van der Waals surface area contributed by atoms with Crippen LogP contribution in [0.5, 0.6) is 0 Å². The average molecular weight is 277 g/mol. The van der Waals surface area contributed by atoms with Crippen LogP contribution >= 0.6 is 0 Å². The molecule has 0 radical (unpaired) electrons. The van der Waals surface area contributed by atoms with Gasteiger partial charge in [-0.25, -0.2) is 4.79 Å². The van der Waals surface area contributed by atoms with E-state index in [1.807, 2.05) is 0 Å². The van der Waals surface area contributed by atoms with E-state index in [-0.39, 0.29) is 31.6 Å². The SMILES string of the molecule is O=C(O)CCCC(=O)N1c2ccccc2CC1C(=O)O. The molecule has 0 saturated carbocycles. The van der Waals surface area contributed by atoms with Gasteiger partial charge in [0.2, 0.25) is 5.91 Å². The maximum atomic E-state index is 12.2. The van der Waals surface area contributed by atoms with Crippen LogP contribution in [0.15, 0.2) is 24.3 Å². The number of amides is 1. The molecular weight excluding hydrogens is 262 g/mol. The van der Waals surface area contributed by atoms with Crippen molar-refractivity contribution < 1.29 is 24.6 Å². The van der Waals surface area contributed by atoms with E-state index in [2.05, 4.69) is 0 Å². The first-order chi connectivity index (χ1) is 9.50. The second-order valence-corrected chi connectivity index (χ2v) is 4.70. The minimum atomic E-state index is -1.05. The van der Waals surface area contributed by atoms with Crippen LogP contribution in [0.1, 0.15) is 24.8 Å². The van der Waals surface area contributed by atoms with Crippen molar-refractivity contribution in [2.24, 2.45) is 0 Å². The smallest absolute Gasteiger partial charge is 0.327 e. The maximum absolute atomic E-state index is 12.2. The second kappa shape index (κ2) is 5.73. The van der Waals surface area contributed by atoms with Crippen molar-refractivity contribution in [2.75, 3.05) is 4.90 Å². The lowest BCUT2D eigenvalue weighted by Gasteiger charge is -2.22. The highest BCUT2D eigenvalue weighted by molar-refractivity contribution is 6.01. The summed E-state index contributed by atoms with van der Waals surface area (Å²) in [5, 5.41) is 17.8. The highest BCUT2D eigenvalue weighted by atomic mass is 16.4. The summed E-state index contributed by atoms with van der Waals surface area (Å²) in [5.74, 6) is -2.36. The van der Waals surface area contributed by atoms with Gasteiger partial charge in [-0.3, -0.25) is 14.5 Å². The molecule has 1 aliphatic heterocycles. The zero-order valence-electron chi connectivity index (χ0n) is 10.8. The monoisotopic (exact) mass is 277 g/mol. The zero-order chi connectivity index (χ0) is 14.7. The molecule has 0 saturated heterocycles. The molecule has 1 unspecified atom stereocenters. The summed E-state index contributed by atoms with van der Waals surface area (Å²) in [6.07, 6.45) is 0.429. The van der Waals surface area contributed by atoms with E-state index < -0.39 is 18.0 Å². The minimum Gasteiger partial charge on any atom is -0.481 e. The maximum Gasteiger partial charge on any atom is 0.327 e.